The molecule has 0 aliphatic carbocycles. The Hall–Kier alpha value is -0.480. The van der Waals surface area contributed by atoms with Gasteiger partial charge in [-0.15, -0.1) is 0 Å². The van der Waals surface area contributed by atoms with Gasteiger partial charge in [0.2, 0.25) is 0 Å². The molecular formula is C15H20BrF2N. The second kappa shape index (κ2) is 6.31. The van der Waals surface area contributed by atoms with E-state index in [1.165, 1.54) is 12.5 Å². The minimum absolute atomic E-state index is 0.129. The van der Waals surface area contributed by atoms with Gasteiger partial charge in [0.1, 0.15) is 11.5 Å². The van der Waals surface area contributed by atoms with Crippen molar-refractivity contribution in [3.8, 4) is 0 Å². The third-order valence-corrected chi connectivity index (χ3v) is 4.15. The van der Waals surface area contributed by atoms with Gasteiger partial charge >= 0.3 is 0 Å². The van der Waals surface area contributed by atoms with E-state index < -0.39 is 5.67 Å². The first kappa shape index (κ1) is 14.9. The summed E-state index contributed by atoms with van der Waals surface area (Å²) in [5.41, 5.74) is -0.923. The lowest BCUT2D eigenvalue weighted by atomic mass is 9.88. The summed E-state index contributed by atoms with van der Waals surface area (Å²) >= 11 is 3.21. The SMILES string of the molecule is CC(F)(Cc1ccc(Br)cc1F)CC1CCCCN1. The summed E-state index contributed by atoms with van der Waals surface area (Å²) in [5, 5.41) is 3.34. The summed E-state index contributed by atoms with van der Waals surface area (Å²) in [6, 6.07) is 5.03. The third-order valence-electron chi connectivity index (χ3n) is 3.66. The summed E-state index contributed by atoms with van der Waals surface area (Å²) in [7, 11) is 0. The standard InChI is InChI=1S/C15H20BrF2N/c1-15(18,10-13-4-2-3-7-19-13)9-11-5-6-12(16)8-14(11)17/h5-6,8,13,19H,2-4,7,9-10H2,1H3. The zero-order chi connectivity index (χ0) is 13.9. The molecule has 1 aliphatic heterocycles. The van der Waals surface area contributed by atoms with Crippen LogP contribution in [0, 0.1) is 5.82 Å². The van der Waals surface area contributed by atoms with Crippen molar-refractivity contribution in [1.29, 1.82) is 0 Å². The van der Waals surface area contributed by atoms with Crippen molar-refractivity contribution in [2.24, 2.45) is 0 Å². The van der Waals surface area contributed by atoms with Crippen LogP contribution in [0.5, 0.6) is 0 Å². The smallest absolute Gasteiger partial charge is 0.127 e. The van der Waals surface area contributed by atoms with Crippen molar-refractivity contribution in [3.63, 3.8) is 0 Å². The molecule has 1 aliphatic rings. The van der Waals surface area contributed by atoms with Crippen LogP contribution in [0.4, 0.5) is 8.78 Å². The maximum absolute atomic E-state index is 14.6. The minimum atomic E-state index is -1.37. The number of hydrogen-bond acceptors (Lipinski definition) is 1. The monoisotopic (exact) mass is 331 g/mol. The fourth-order valence-corrected chi connectivity index (χ4v) is 3.08. The Morgan fingerprint density at radius 3 is 2.84 bits per heavy atom. The Morgan fingerprint density at radius 2 is 2.21 bits per heavy atom. The Kier molecular flexibility index (Phi) is 4.96. The van der Waals surface area contributed by atoms with Gasteiger partial charge in [-0.1, -0.05) is 28.4 Å². The van der Waals surface area contributed by atoms with Crippen LogP contribution >= 0.6 is 15.9 Å². The van der Waals surface area contributed by atoms with Gasteiger partial charge in [-0.05, 0) is 50.4 Å². The van der Waals surface area contributed by atoms with Crippen LogP contribution in [0.2, 0.25) is 0 Å². The lowest BCUT2D eigenvalue weighted by Crippen LogP contribution is -2.40. The summed E-state index contributed by atoms with van der Waals surface area (Å²) in [6.07, 6.45) is 3.91. The van der Waals surface area contributed by atoms with Crippen molar-refractivity contribution < 1.29 is 8.78 Å². The highest BCUT2D eigenvalue weighted by atomic mass is 79.9. The minimum Gasteiger partial charge on any atom is -0.314 e. The molecule has 1 aromatic rings. The zero-order valence-electron chi connectivity index (χ0n) is 11.2. The highest BCUT2D eigenvalue weighted by Gasteiger charge is 2.29. The molecule has 1 saturated heterocycles. The number of nitrogens with one attached hydrogen (secondary N) is 1. The molecule has 1 heterocycles. The lowest BCUT2D eigenvalue weighted by molar-refractivity contribution is 0.144. The first-order chi connectivity index (χ1) is 8.96. The summed E-state index contributed by atoms with van der Waals surface area (Å²) in [4.78, 5) is 0. The van der Waals surface area contributed by atoms with Gasteiger partial charge < -0.3 is 5.32 Å². The van der Waals surface area contributed by atoms with Crippen LogP contribution in [0.25, 0.3) is 0 Å². The van der Waals surface area contributed by atoms with Gasteiger partial charge in [0.05, 0.1) is 0 Å². The Morgan fingerprint density at radius 1 is 1.42 bits per heavy atom. The van der Waals surface area contributed by atoms with Crippen molar-refractivity contribution in [2.75, 3.05) is 6.54 Å². The Balaban J connectivity index is 1.99. The van der Waals surface area contributed by atoms with E-state index >= 15 is 0 Å². The largest absolute Gasteiger partial charge is 0.314 e. The van der Waals surface area contributed by atoms with Gasteiger partial charge in [-0.25, -0.2) is 8.78 Å². The molecule has 0 radical (unpaired) electrons. The molecule has 2 atom stereocenters. The first-order valence-electron chi connectivity index (χ1n) is 6.82. The Bertz CT molecular complexity index is 428. The molecular weight excluding hydrogens is 312 g/mol. The van der Waals surface area contributed by atoms with E-state index in [-0.39, 0.29) is 18.3 Å². The molecule has 2 unspecified atom stereocenters. The summed E-state index contributed by atoms with van der Waals surface area (Å²) < 4.78 is 29.1. The van der Waals surface area contributed by atoms with Crippen molar-refractivity contribution in [2.45, 2.75) is 50.7 Å². The maximum Gasteiger partial charge on any atom is 0.127 e. The maximum atomic E-state index is 14.6. The van der Waals surface area contributed by atoms with Gasteiger partial charge in [-0.2, -0.15) is 0 Å². The van der Waals surface area contributed by atoms with E-state index in [0.29, 0.717) is 16.5 Å². The molecule has 1 nitrogen and oxygen atoms in total. The molecule has 0 bridgehead atoms. The molecule has 0 aromatic heterocycles. The van der Waals surface area contributed by atoms with Crippen LogP contribution in [-0.2, 0) is 6.42 Å². The van der Waals surface area contributed by atoms with Gasteiger partial charge in [0, 0.05) is 16.9 Å². The molecule has 0 saturated carbocycles. The number of alkyl halides is 1. The van der Waals surface area contributed by atoms with Gasteiger partial charge in [0.15, 0.2) is 0 Å². The normalized spacial score (nSPS) is 23.1. The van der Waals surface area contributed by atoms with Crippen LogP contribution in [0.15, 0.2) is 22.7 Å². The van der Waals surface area contributed by atoms with Crippen molar-refractivity contribution >= 4 is 15.9 Å². The quantitative estimate of drug-likeness (QED) is 0.862. The number of hydrogen-bond donors (Lipinski definition) is 1. The molecule has 0 spiro atoms. The fraction of sp³-hybridized carbons (Fsp3) is 0.600. The van der Waals surface area contributed by atoms with E-state index in [4.69, 9.17) is 0 Å². The van der Waals surface area contributed by atoms with Crippen LogP contribution in [0.3, 0.4) is 0 Å². The second-order valence-electron chi connectivity index (χ2n) is 5.68. The Labute approximate surface area is 121 Å². The first-order valence-corrected chi connectivity index (χ1v) is 7.62. The molecule has 0 amide bonds. The predicted molar refractivity (Wildman–Crippen MR) is 77.6 cm³/mol. The van der Waals surface area contributed by atoms with E-state index in [1.807, 2.05) is 0 Å². The van der Waals surface area contributed by atoms with Gasteiger partial charge in [-0.3, -0.25) is 0 Å². The number of halogens is 3. The lowest BCUT2D eigenvalue weighted by Gasteiger charge is -2.30. The number of piperidine rings is 1. The number of benzene rings is 1. The molecule has 106 valence electrons. The van der Waals surface area contributed by atoms with Crippen molar-refractivity contribution in [1.82, 2.24) is 5.32 Å². The topological polar surface area (TPSA) is 12.0 Å². The highest BCUT2D eigenvalue weighted by Crippen LogP contribution is 2.28. The second-order valence-corrected chi connectivity index (χ2v) is 6.59. The molecule has 1 fully saturated rings. The van der Waals surface area contributed by atoms with E-state index in [1.54, 1.807) is 19.1 Å². The van der Waals surface area contributed by atoms with Gasteiger partial charge in [0.25, 0.3) is 0 Å². The zero-order valence-corrected chi connectivity index (χ0v) is 12.8. The summed E-state index contributed by atoms with van der Waals surface area (Å²) in [6.45, 7) is 2.54. The molecule has 2 rings (SSSR count). The van der Waals surface area contributed by atoms with Crippen LogP contribution in [0.1, 0.15) is 38.2 Å². The highest BCUT2D eigenvalue weighted by molar-refractivity contribution is 9.10. The average molecular weight is 332 g/mol. The van der Waals surface area contributed by atoms with E-state index in [0.717, 1.165) is 19.4 Å². The molecule has 1 aromatic carbocycles. The fourth-order valence-electron chi connectivity index (χ4n) is 2.75. The number of rotatable bonds is 4. The van der Waals surface area contributed by atoms with Crippen molar-refractivity contribution in [3.05, 3.63) is 34.1 Å². The third kappa shape index (κ3) is 4.53. The summed E-state index contributed by atoms with van der Waals surface area (Å²) in [5.74, 6) is -0.338. The molecule has 1 N–H and O–H groups in total. The van der Waals surface area contributed by atoms with Crippen LogP contribution < -0.4 is 5.32 Å². The molecule has 19 heavy (non-hydrogen) atoms. The van der Waals surface area contributed by atoms with E-state index in [2.05, 4.69) is 21.2 Å². The predicted octanol–water partition coefficient (Wildman–Crippen LogP) is 4.39. The van der Waals surface area contributed by atoms with E-state index in [9.17, 15) is 8.78 Å². The van der Waals surface area contributed by atoms with Crippen LogP contribution in [-0.4, -0.2) is 18.3 Å². The average Bonchev–Trinajstić information content (AvgIpc) is 2.33. The molecule has 4 heteroatoms.